The van der Waals surface area contributed by atoms with Gasteiger partial charge in [0.15, 0.2) is 0 Å². The van der Waals surface area contributed by atoms with Crippen molar-refractivity contribution in [3.8, 4) is 5.75 Å². The second-order valence-corrected chi connectivity index (χ2v) is 6.09. The molecule has 0 saturated heterocycles. The number of rotatable bonds is 6. The number of hydrogen-bond donors (Lipinski definition) is 4. The first-order valence-electron chi connectivity index (χ1n) is 7.96. The van der Waals surface area contributed by atoms with Crippen LogP contribution in [0.2, 0.25) is 0 Å². The van der Waals surface area contributed by atoms with Crippen molar-refractivity contribution in [2.24, 2.45) is 5.92 Å². The summed E-state index contributed by atoms with van der Waals surface area (Å²) in [6.07, 6.45) is 3.15. The lowest BCUT2D eigenvalue weighted by molar-refractivity contribution is -0.123. The number of carbonyl (C=O) groups excluding carboxylic acids is 1. The third kappa shape index (κ3) is 3.47. The zero-order chi connectivity index (χ0) is 17.1. The molecule has 4 N–H and O–H groups in total. The van der Waals surface area contributed by atoms with E-state index in [2.05, 4.69) is 12.2 Å². The van der Waals surface area contributed by atoms with Crippen LogP contribution in [0.4, 0.5) is 5.69 Å². The molecule has 126 valence electrons. The second-order valence-electron chi connectivity index (χ2n) is 6.09. The number of aliphatic hydroxyl groups is 1. The molecule has 1 aliphatic heterocycles. The summed E-state index contributed by atoms with van der Waals surface area (Å²) in [5.41, 5.74) is 1.44. The van der Waals surface area contributed by atoms with Crippen LogP contribution in [0.3, 0.4) is 0 Å². The maximum atomic E-state index is 12.1. The molecule has 0 fully saturated rings. The second kappa shape index (κ2) is 7.00. The van der Waals surface area contributed by atoms with E-state index >= 15 is 0 Å². The summed E-state index contributed by atoms with van der Waals surface area (Å²) in [4.78, 5) is 23.5. The van der Waals surface area contributed by atoms with Crippen molar-refractivity contribution < 1.29 is 24.9 Å². The molecule has 0 saturated carbocycles. The lowest BCUT2D eigenvalue weighted by atomic mass is 9.84. The number of phenols is 1. The van der Waals surface area contributed by atoms with Crippen LogP contribution >= 0.6 is 0 Å². The van der Waals surface area contributed by atoms with Gasteiger partial charge in [-0.05, 0) is 43.4 Å². The number of anilines is 1. The number of aromatic carboxylic acids is 1. The summed E-state index contributed by atoms with van der Waals surface area (Å²) >= 11 is 0. The van der Waals surface area contributed by atoms with Crippen molar-refractivity contribution in [3.05, 3.63) is 22.8 Å². The number of carbonyl (C=O) groups is 2. The number of aryl methyl sites for hydroxylation is 1. The van der Waals surface area contributed by atoms with E-state index in [1.807, 2.05) is 0 Å². The first kappa shape index (κ1) is 17.3. The lowest BCUT2D eigenvalue weighted by Gasteiger charge is -2.29. The molecule has 2 atom stereocenters. The summed E-state index contributed by atoms with van der Waals surface area (Å²) in [6.45, 7) is 3.63. The zero-order valence-electron chi connectivity index (χ0n) is 13.4. The number of hydrogen-bond acceptors (Lipinski definition) is 4. The summed E-state index contributed by atoms with van der Waals surface area (Å²) in [5.74, 6) is -2.65. The number of carboxylic acid groups (broad SMARTS) is 1. The largest absolute Gasteiger partial charge is 0.507 e. The molecule has 23 heavy (non-hydrogen) atoms. The lowest BCUT2D eigenvalue weighted by Crippen LogP contribution is -2.38. The van der Waals surface area contributed by atoms with Gasteiger partial charge in [-0.1, -0.05) is 19.8 Å². The van der Waals surface area contributed by atoms with Crippen molar-refractivity contribution in [1.82, 2.24) is 0 Å². The van der Waals surface area contributed by atoms with Crippen LogP contribution in [-0.4, -0.2) is 33.3 Å². The number of amides is 1. The number of carboxylic acids is 1. The van der Waals surface area contributed by atoms with Gasteiger partial charge in [-0.3, -0.25) is 4.79 Å². The van der Waals surface area contributed by atoms with Crippen LogP contribution in [0.5, 0.6) is 5.75 Å². The Morgan fingerprint density at radius 2 is 2.13 bits per heavy atom. The molecule has 0 radical (unpaired) electrons. The minimum Gasteiger partial charge on any atom is -0.507 e. The van der Waals surface area contributed by atoms with Crippen LogP contribution in [0.15, 0.2) is 6.07 Å². The number of aliphatic hydroxyl groups excluding tert-OH is 1. The average molecular weight is 321 g/mol. The quantitative estimate of drug-likeness (QED) is 0.602. The molecule has 0 bridgehead atoms. The predicted octanol–water partition coefficient (Wildman–Crippen LogP) is 2.31. The van der Waals surface area contributed by atoms with E-state index in [0.717, 1.165) is 24.8 Å². The molecule has 1 aromatic carbocycles. The summed E-state index contributed by atoms with van der Waals surface area (Å²) in [7, 11) is 0. The van der Waals surface area contributed by atoms with E-state index in [-0.39, 0.29) is 23.4 Å². The Morgan fingerprint density at radius 3 is 2.70 bits per heavy atom. The first-order valence-corrected chi connectivity index (χ1v) is 7.96. The monoisotopic (exact) mass is 321 g/mol. The molecule has 2 unspecified atom stereocenters. The van der Waals surface area contributed by atoms with Crippen LogP contribution in [0.25, 0.3) is 0 Å². The van der Waals surface area contributed by atoms with Gasteiger partial charge in [0, 0.05) is 0 Å². The van der Waals surface area contributed by atoms with E-state index in [1.165, 1.54) is 6.07 Å². The Kier molecular flexibility index (Phi) is 5.26. The van der Waals surface area contributed by atoms with Crippen LogP contribution in [-0.2, 0) is 17.6 Å². The van der Waals surface area contributed by atoms with Gasteiger partial charge in [-0.15, -0.1) is 0 Å². The maximum absolute atomic E-state index is 12.1. The van der Waals surface area contributed by atoms with Crippen LogP contribution < -0.4 is 5.32 Å². The zero-order valence-corrected chi connectivity index (χ0v) is 13.4. The Bertz CT molecular complexity index is 624. The van der Waals surface area contributed by atoms with Crippen molar-refractivity contribution in [1.29, 1.82) is 0 Å². The summed E-state index contributed by atoms with van der Waals surface area (Å²) in [6, 6.07) is 1.48. The van der Waals surface area contributed by atoms with Gasteiger partial charge in [0.2, 0.25) is 5.91 Å². The molecule has 6 nitrogen and oxygen atoms in total. The molecule has 1 amide bonds. The van der Waals surface area contributed by atoms with E-state index in [0.29, 0.717) is 12.0 Å². The molecule has 6 heteroatoms. The fourth-order valence-corrected chi connectivity index (χ4v) is 3.06. The smallest absolute Gasteiger partial charge is 0.341 e. The van der Waals surface area contributed by atoms with Crippen molar-refractivity contribution >= 4 is 17.6 Å². The Hall–Kier alpha value is -2.08. The van der Waals surface area contributed by atoms with Crippen molar-refractivity contribution in [2.75, 3.05) is 5.32 Å². The Morgan fingerprint density at radius 1 is 1.43 bits per heavy atom. The van der Waals surface area contributed by atoms with Gasteiger partial charge >= 0.3 is 5.97 Å². The molecule has 0 aliphatic carbocycles. The number of fused-ring (bicyclic) bond motifs is 1. The van der Waals surface area contributed by atoms with E-state index in [4.69, 9.17) is 0 Å². The summed E-state index contributed by atoms with van der Waals surface area (Å²) in [5, 5.41) is 31.7. The normalized spacial score (nSPS) is 18.2. The molecule has 0 spiro atoms. The van der Waals surface area contributed by atoms with Crippen molar-refractivity contribution in [2.45, 2.75) is 52.1 Å². The first-order chi connectivity index (χ1) is 10.9. The average Bonchev–Trinajstić information content (AvgIpc) is 2.45. The van der Waals surface area contributed by atoms with E-state index < -0.39 is 23.9 Å². The minimum absolute atomic E-state index is 0.172. The third-order valence-electron chi connectivity index (χ3n) is 4.36. The Balaban J connectivity index is 2.51. The van der Waals surface area contributed by atoms with Gasteiger partial charge in [-0.25, -0.2) is 4.79 Å². The fraction of sp³-hybridized carbons (Fsp3) is 0.529. The van der Waals surface area contributed by atoms with Gasteiger partial charge in [0.05, 0.1) is 17.7 Å². The number of nitrogens with one attached hydrogen (secondary N) is 1. The van der Waals surface area contributed by atoms with E-state index in [9.17, 15) is 24.9 Å². The number of benzene rings is 1. The molecule has 1 aromatic rings. The van der Waals surface area contributed by atoms with Gasteiger partial charge in [0.1, 0.15) is 11.3 Å². The number of unbranched alkanes of at least 4 members (excludes halogenated alkanes) is 2. The highest BCUT2D eigenvalue weighted by Gasteiger charge is 2.34. The third-order valence-corrected chi connectivity index (χ3v) is 4.36. The molecule has 1 aliphatic rings. The standard InChI is InChI=1S/C17H23NO5/c1-3-4-5-6-10-7-13(20)14(17(22)23)15-12(10)8-11(9(2)19)16(21)18-15/h7,9,11,19-20H,3-6,8H2,1-2H3,(H,18,21)(H,22,23). The van der Waals surface area contributed by atoms with Gasteiger partial charge in [0.25, 0.3) is 0 Å². The minimum atomic E-state index is -1.28. The highest BCUT2D eigenvalue weighted by Crippen LogP contribution is 2.38. The Labute approximate surface area is 135 Å². The fourth-order valence-electron chi connectivity index (χ4n) is 3.06. The predicted molar refractivity (Wildman–Crippen MR) is 85.8 cm³/mol. The molecule has 0 aromatic heterocycles. The van der Waals surface area contributed by atoms with E-state index in [1.54, 1.807) is 6.92 Å². The van der Waals surface area contributed by atoms with Gasteiger partial charge < -0.3 is 20.6 Å². The summed E-state index contributed by atoms with van der Waals surface area (Å²) < 4.78 is 0. The number of aromatic hydroxyl groups is 1. The SMILES string of the molecule is CCCCCc1cc(O)c(C(=O)O)c2c1CC(C(C)O)C(=O)N2. The van der Waals surface area contributed by atoms with Crippen molar-refractivity contribution in [3.63, 3.8) is 0 Å². The molecular weight excluding hydrogens is 298 g/mol. The maximum Gasteiger partial charge on any atom is 0.341 e. The van der Waals surface area contributed by atoms with Gasteiger partial charge in [-0.2, -0.15) is 0 Å². The molecule has 2 rings (SSSR count). The molecular formula is C17H23NO5. The van der Waals surface area contributed by atoms with Crippen LogP contribution in [0.1, 0.15) is 54.6 Å². The van der Waals surface area contributed by atoms with Crippen LogP contribution in [0, 0.1) is 5.92 Å². The molecule has 1 heterocycles. The topological polar surface area (TPSA) is 107 Å². The highest BCUT2D eigenvalue weighted by atomic mass is 16.4. The highest BCUT2D eigenvalue weighted by molar-refractivity contribution is 6.06.